The van der Waals surface area contributed by atoms with Crippen molar-refractivity contribution in [3.63, 3.8) is 0 Å². The van der Waals surface area contributed by atoms with Gasteiger partial charge in [0.15, 0.2) is 0 Å². The predicted molar refractivity (Wildman–Crippen MR) is 71.5 cm³/mol. The molecule has 0 fully saturated rings. The topological polar surface area (TPSA) is 0 Å². The highest BCUT2D eigenvalue weighted by atomic mass is 19.4. The average molecular weight is 265 g/mol. The number of alkyl halides is 3. The van der Waals surface area contributed by atoms with Gasteiger partial charge in [-0.1, -0.05) is 49.1 Å². The highest BCUT2D eigenvalue weighted by molar-refractivity contribution is 5.24. The summed E-state index contributed by atoms with van der Waals surface area (Å²) >= 11 is 0. The molecule has 19 heavy (non-hydrogen) atoms. The third-order valence-corrected chi connectivity index (χ3v) is 2.59. The summed E-state index contributed by atoms with van der Waals surface area (Å²) in [6.07, 6.45) is 7.22. The lowest BCUT2D eigenvalue weighted by Crippen LogP contribution is -2.04. The molecular formula is C16H16F3. The molecule has 0 heterocycles. The van der Waals surface area contributed by atoms with Gasteiger partial charge in [-0.2, -0.15) is 13.2 Å². The zero-order chi connectivity index (χ0) is 14.1. The van der Waals surface area contributed by atoms with Crippen molar-refractivity contribution in [1.82, 2.24) is 0 Å². The van der Waals surface area contributed by atoms with Crippen LogP contribution < -0.4 is 0 Å². The van der Waals surface area contributed by atoms with E-state index in [2.05, 4.69) is 0 Å². The number of unbranched alkanes of at least 4 members (excludes halogenated alkanes) is 1. The second kappa shape index (κ2) is 7.62. The van der Waals surface area contributed by atoms with Crippen LogP contribution in [0.3, 0.4) is 0 Å². The summed E-state index contributed by atoms with van der Waals surface area (Å²) in [6, 6.07) is 5.33. The summed E-state index contributed by atoms with van der Waals surface area (Å²) in [4.78, 5) is 0. The van der Waals surface area contributed by atoms with E-state index in [9.17, 15) is 13.2 Å². The highest BCUT2D eigenvalue weighted by Gasteiger charge is 2.29. The second-order valence-electron chi connectivity index (χ2n) is 4.09. The van der Waals surface area contributed by atoms with Gasteiger partial charge in [0.1, 0.15) is 0 Å². The Morgan fingerprint density at radius 3 is 2.26 bits per heavy atom. The van der Waals surface area contributed by atoms with E-state index in [-0.39, 0.29) is 0 Å². The van der Waals surface area contributed by atoms with Crippen molar-refractivity contribution in [2.75, 3.05) is 0 Å². The molecule has 0 saturated carbocycles. The lowest BCUT2D eigenvalue weighted by Gasteiger charge is -2.07. The molecule has 0 amide bonds. The fraction of sp³-hybridized carbons (Fsp3) is 0.250. The summed E-state index contributed by atoms with van der Waals surface area (Å²) in [7, 11) is 0. The lowest BCUT2D eigenvalue weighted by atomic mass is 10.1. The van der Waals surface area contributed by atoms with E-state index >= 15 is 0 Å². The van der Waals surface area contributed by atoms with E-state index in [1.807, 2.05) is 18.2 Å². The van der Waals surface area contributed by atoms with E-state index in [4.69, 9.17) is 6.58 Å². The quantitative estimate of drug-likeness (QED) is 0.494. The van der Waals surface area contributed by atoms with E-state index in [1.165, 1.54) is 18.2 Å². The highest BCUT2D eigenvalue weighted by Crippen LogP contribution is 2.29. The van der Waals surface area contributed by atoms with Crippen molar-refractivity contribution < 1.29 is 13.2 Å². The molecule has 0 unspecified atom stereocenters. The molecule has 0 aliphatic rings. The Hall–Kier alpha value is -1.77. The van der Waals surface area contributed by atoms with E-state index in [1.54, 1.807) is 6.08 Å². The van der Waals surface area contributed by atoms with Gasteiger partial charge in [-0.3, -0.25) is 0 Å². The first-order valence-corrected chi connectivity index (χ1v) is 6.07. The smallest absolute Gasteiger partial charge is 0.166 e. The number of halogens is 3. The molecule has 101 valence electrons. The number of benzene rings is 1. The van der Waals surface area contributed by atoms with Gasteiger partial charge in [-0.05, 0) is 37.0 Å². The molecule has 1 rings (SSSR count). The van der Waals surface area contributed by atoms with Gasteiger partial charge in [-0.25, -0.2) is 0 Å². The molecule has 0 bridgehead atoms. The average Bonchev–Trinajstić information content (AvgIpc) is 2.37. The van der Waals surface area contributed by atoms with Gasteiger partial charge in [0.25, 0.3) is 0 Å². The van der Waals surface area contributed by atoms with Gasteiger partial charge >= 0.3 is 6.18 Å². The van der Waals surface area contributed by atoms with Crippen LogP contribution in [0.4, 0.5) is 13.2 Å². The minimum Gasteiger partial charge on any atom is -0.166 e. The molecule has 0 aliphatic carbocycles. The molecule has 1 aromatic carbocycles. The Kier molecular flexibility index (Phi) is 6.13. The van der Waals surface area contributed by atoms with Crippen molar-refractivity contribution in [2.24, 2.45) is 0 Å². The maximum Gasteiger partial charge on any atom is 0.416 e. The normalized spacial score (nSPS) is 12.4. The molecule has 0 nitrogen and oxygen atoms in total. The Labute approximate surface area is 112 Å². The van der Waals surface area contributed by atoms with Crippen LogP contribution in [0.2, 0.25) is 0 Å². The molecule has 0 atom stereocenters. The second-order valence-corrected chi connectivity index (χ2v) is 4.09. The van der Waals surface area contributed by atoms with Crippen molar-refractivity contribution in [3.05, 3.63) is 72.4 Å². The third kappa shape index (κ3) is 6.09. The molecule has 3 heteroatoms. The Bertz CT molecular complexity index is 436. The molecule has 0 N–H and O–H groups in total. The minimum atomic E-state index is -4.26. The van der Waals surface area contributed by atoms with Crippen LogP contribution in [0, 0.1) is 6.58 Å². The fourth-order valence-electron chi connectivity index (χ4n) is 1.59. The number of rotatable bonds is 6. The lowest BCUT2D eigenvalue weighted by molar-refractivity contribution is -0.137. The first-order valence-electron chi connectivity index (χ1n) is 6.07. The van der Waals surface area contributed by atoms with E-state index < -0.39 is 11.7 Å². The number of hydrogen-bond acceptors (Lipinski definition) is 0. The fourth-order valence-corrected chi connectivity index (χ4v) is 1.59. The van der Waals surface area contributed by atoms with Gasteiger partial charge < -0.3 is 0 Å². The van der Waals surface area contributed by atoms with Crippen LogP contribution in [0.1, 0.15) is 24.0 Å². The summed E-state index contributed by atoms with van der Waals surface area (Å²) in [5.41, 5.74) is 0.326. The maximum absolute atomic E-state index is 12.3. The molecule has 1 radical (unpaired) electrons. The predicted octanol–water partition coefficient (Wildman–Crippen LogP) is 5.13. The first-order chi connectivity index (χ1) is 9.04. The Balaban J connectivity index is 2.36. The summed E-state index contributed by atoms with van der Waals surface area (Å²) in [5, 5.41) is 0. The van der Waals surface area contributed by atoms with Gasteiger partial charge in [-0.15, -0.1) is 0 Å². The molecule has 1 aromatic rings. The van der Waals surface area contributed by atoms with Crippen molar-refractivity contribution >= 4 is 0 Å². The van der Waals surface area contributed by atoms with Crippen LogP contribution in [0.15, 0.2) is 54.6 Å². The van der Waals surface area contributed by atoms with Crippen LogP contribution >= 0.6 is 0 Å². The molecule has 0 aliphatic heterocycles. The standard InChI is InChI=1S/C16H16F3/c1-2-3-4-5-6-7-8-9-14-10-12-15(13-11-14)16(17,18)19/h1-6,10-13H,7-9H2/b2-1?,4-3+,6-5+. The van der Waals surface area contributed by atoms with Crippen molar-refractivity contribution in [1.29, 1.82) is 0 Å². The number of aryl methyl sites for hydroxylation is 1. The van der Waals surface area contributed by atoms with Crippen LogP contribution in [-0.4, -0.2) is 0 Å². The van der Waals surface area contributed by atoms with E-state index in [0.717, 1.165) is 37.0 Å². The summed E-state index contributed by atoms with van der Waals surface area (Å²) < 4.78 is 37.0. The largest absolute Gasteiger partial charge is 0.416 e. The summed E-state index contributed by atoms with van der Waals surface area (Å²) in [5.74, 6) is 0. The Morgan fingerprint density at radius 1 is 1.00 bits per heavy atom. The monoisotopic (exact) mass is 265 g/mol. The maximum atomic E-state index is 12.3. The van der Waals surface area contributed by atoms with Gasteiger partial charge in [0.2, 0.25) is 0 Å². The van der Waals surface area contributed by atoms with Crippen molar-refractivity contribution in [2.45, 2.75) is 25.4 Å². The van der Waals surface area contributed by atoms with Crippen molar-refractivity contribution in [3.8, 4) is 0 Å². The van der Waals surface area contributed by atoms with Gasteiger partial charge in [0, 0.05) is 0 Å². The number of allylic oxidation sites excluding steroid dienone is 5. The van der Waals surface area contributed by atoms with Crippen LogP contribution in [0.25, 0.3) is 0 Å². The number of hydrogen-bond donors (Lipinski definition) is 0. The third-order valence-electron chi connectivity index (χ3n) is 2.59. The SMILES string of the molecule is [CH]=C/C=C/C=C/CCCc1ccc(C(F)(F)F)cc1. The molecule has 0 aromatic heterocycles. The molecular weight excluding hydrogens is 249 g/mol. The molecule has 0 spiro atoms. The zero-order valence-corrected chi connectivity index (χ0v) is 10.5. The van der Waals surface area contributed by atoms with Gasteiger partial charge in [0.05, 0.1) is 5.56 Å². The Morgan fingerprint density at radius 2 is 1.68 bits per heavy atom. The zero-order valence-electron chi connectivity index (χ0n) is 10.5. The molecule has 0 saturated heterocycles. The minimum absolute atomic E-state index is 0.598. The van der Waals surface area contributed by atoms with Crippen LogP contribution in [-0.2, 0) is 12.6 Å². The van der Waals surface area contributed by atoms with E-state index in [0.29, 0.717) is 0 Å². The first kappa shape index (κ1) is 15.3. The summed E-state index contributed by atoms with van der Waals surface area (Å²) in [6.45, 7) is 5.16. The van der Waals surface area contributed by atoms with Crippen LogP contribution in [0.5, 0.6) is 0 Å².